The summed E-state index contributed by atoms with van der Waals surface area (Å²) in [5.74, 6) is -2.62. The van der Waals surface area contributed by atoms with E-state index in [1.54, 1.807) is 18.5 Å². The molecule has 0 spiro atoms. The number of aliphatic hydroxyl groups is 2. The zero-order chi connectivity index (χ0) is 28.6. The highest BCUT2D eigenvalue weighted by molar-refractivity contribution is 7.13. The van der Waals surface area contributed by atoms with E-state index in [0.717, 1.165) is 6.07 Å². The molecule has 0 aliphatic carbocycles. The number of halogens is 2. The van der Waals surface area contributed by atoms with Gasteiger partial charge in [-0.05, 0) is 38.0 Å². The summed E-state index contributed by atoms with van der Waals surface area (Å²) >= 11 is 7.59. The topological polar surface area (TPSA) is 155 Å². The van der Waals surface area contributed by atoms with Crippen LogP contribution in [0.15, 0.2) is 29.8 Å². The van der Waals surface area contributed by atoms with Gasteiger partial charge in [0, 0.05) is 35.8 Å². The maximum absolute atomic E-state index is 13.8. The largest absolute Gasteiger partial charge is 0.478 e. The van der Waals surface area contributed by atoms with E-state index in [2.05, 4.69) is 15.0 Å². The number of hydrogen-bond donors (Lipinski definition) is 3. The van der Waals surface area contributed by atoms with Gasteiger partial charge in [0.2, 0.25) is 0 Å². The van der Waals surface area contributed by atoms with Crippen LogP contribution in [-0.4, -0.2) is 90.7 Å². The molecule has 5 rings (SSSR count). The second-order valence-corrected chi connectivity index (χ2v) is 11.0. The van der Waals surface area contributed by atoms with E-state index >= 15 is 0 Å². The number of hydrogen-bond acceptors (Lipinski definition) is 11. The Labute approximate surface area is 237 Å². The summed E-state index contributed by atoms with van der Waals surface area (Å²) in [6.07, 6.45) is -0.212. The predicted octanol–water partition coefficient (Wildman–Crippen LogP) is 2.78. The highest BCUT2D eigenvalue weighted by atomic mass is 35.5. The van der Waals surface area contributed by atoms with Crippen LogP contribution >= 0.6 is 22.9 Å². The average molecular weight is 593 g/mol. The van der Waals surface area contributed by atoms with Gasteiger partial charge in [-0.25, -0.2) is 28.9 Å². The van der Waals surface area contributed by atoms with E-state index in [0.29, 0.717) is 5.01 Å². The lowest BCUT2D eigenvalue weighted by molar-refractivity contribution is -0.198. The zero-order valence-corrected chi connectivity index (χ0v) is 22.9. The van der Waals surface area contributed by atoms with Crippen LogP contribution in [0.1, 0.15) is 35.8 Å². The molecule has 40 heavy (non-hydrogen) atoms. The molecule has 212 valence electrons. The molecule has 14 heteroatoms. The van der Waals surface area contributed by atoms with Gasteiger partial charge in [-0.3, -0.25) is 4.90 Å². The van der Waals surface area contributed by atoms with Gasteiger partial charge in [0.05, 0.1) is 36.2 Å². The van der Waals surface area contributed by atoms with Crippen LogP contribution in [0.25, 0.3) is 22.1 Å². The lowest BCUT2D eigenvalue weighted by Crippen LogP contribution is -2.65. The van der Waals surface area contributed by atoms with Crippen molar-refractivity contribution in [1.82, 2.24) is 19.9 Å². The van der Waals surface area contributed by atoms with Crippen molar-refractivity contribution in [3.63, 3.8) is 0 Å². The van der Waals surface area contributed by atoms with E-state index in [4.69, 9.17) is 21.1 Å². The summed E-state index contributed by atoms with van der Waals surface area (Å²) in [6, 6.07) is 2.66. The minimum absolute atomic E-state index is 0.0142. The summed E-state index contributed by atoms with van der Waals surface area (Å²) in [5.41, 5.74) is -1.56. The van der Waals surface area contributed by atoms with Crippen LogP contribution in [0.5, 0.6) is 0 Å². The summed E-state index contributed by atoms with van der Waals surface area (Å²) in [6.45, 7) is 2.05. The van der Waals surface area contributed by atoms with Gasteiger partial charge in [0.15, 0.2) is 16.9 Å². The zero-order valence-electron chi connectivity index (χ0n) is 21.3. The van der Waals surface area contributed by atoms with E-state index in [1.165, 1.54) is 23.5 Å². The molecule has 2 saturated heterocycles. The molecule has 1 aromatic carbocycles. The number of aromatic nitrogens is 3. The van der Waals surface area contributed by atoms with E-state index < -0.39 is 41.5 Å². The molecule has 2 aliphatic rings. The quantitative estimate of drug-likeness (QED) is 0.331. The molecule has 2 fully saturated rings. The normalized spacial score (nSPS) is 23.5. The molecular weight excluding hydrogens is 567 g/mol. The fourth-order valence-electron chi connectivity index (χ4n) is 5.33. The fourth-order valence-corrected chi connectivity index (χ4v) is 6.15. The van der Waals surface area contributed by atoms with Gasteiger partial charge < -0.3 is 24.8 Å². The Morgan fingerprint density at radius 1 is 1.30 bits per heavy atom. The molecule has 2 bridgehead atoms. The van der Waals surface area contributed by atoms with Crippen molar-refractivity contribution < 1.29 is 38.8 Å². The molecule has 3 atom stereocenters. The highest BCUT2D eigenvalue weighted by Crippen LogP contribution is 2.39. The van der Waals surface area contributed by atoms with Gasteiger partial charge in [-0.2, -0.15) is 0 Å². The van der Waals surface area contributed by atoms with Crippen molar-refractivity contribution in [2.45, 2.75) is 50.1 Å². The molecule has 3 aromatic rings. The van der Waals surface area contributed by atoms with Gasteiger partial charge in [0.25, 0.3) is 0 Å². The number of fused-ring (bicyclic) bond motifs is 2. The molecule has 0 radical (unpaired) electrons. The summed E-state index contributed by atoms with van der Waals surface area (Å²) in [4.78, 5) is 40.1. The Bertz CT molecular complexity index is 1410. The number of esters is 1. The maximum Gasteiger partial charge on any atom is 0.339 e. The molecule has 3 unspecified atom stereocenters. The lowest BCUT2D eigenvalue weighted by Gasteiger charge is -2.52. The van der Waals surface area contributed by atoms with Crippen molar-refractivity contribution in [2.75, 3.05) is 19.8 Å². The van der Waals surface area contributed by atoms with E-state index in [-0.39, 0.29) is 72.6 Å². The molecule has 2 aliphatic heterocycles. The number of carboxylic acids is 1. The molecule has 11 nitrogen and oxygen atoms in total. The highest BCUT2D eigenvalue weighted by Gasteiger charge is 2.52. The third kappa shape index (κ3) is 5.45. The summed E-state index contributed by atoms with van der Waals surface area (Å²) in [5, 5.41) is 34.3. The number of morpholine rings is 1. The Kier molecular flexibility index (Phi) is 8.13. The first-order valence-corrected chi connectivity index (χ1v) is 13.8. The number of benzene rings is 1. The molecule has 0 saturated carbocycles. The molecule has 4 heterocycles. The lowest BCUT2D eigenvalue weighted by atomic mass is 9.77. The SMILES string of the molecule is CCOC(=O)C(O)C1(O)CC2COCC(C1)N2Cc1nc(-c2nccs2)nc(-c2ccc(F)cc2Cl)c1C(=O)O. The average Bonchev–Trinajstić information content (AvgIpc) is 3.44. The van der Waals surface area contributed by atoms with Crippen molar-refractivity contribution >= 4 is 34.9 Å². The summed E-state index contributed by atoms with van der Waals surface area (Å²) < 4.78 is 24.4. The third-order valence-corrected chi connectivity index (χ3v) is 8.18. The molecule has 0 amide bonds. The first kappa shape index (κ1) is 28.5. The Morgan fingerprint density at radius 3 is 2.62 bits per heavy atom. The van der Waals surface area contributed by atoms with Gasteiger partial charge >= 0.3 is 11.9 Å². The van der Waals surface area contributed by atoms with Crippen LogP contribution in [-0.2, 0) is 20.8 Å². The number of aromatic carboxylic acids is 1. The molecular formula is C26H26ClFN4O7S. The minimum Gasteiger partial charge on any atom is -0.478 e. The van der Waals surface area contributed by atoms with Gasteiger partial charge in [-0.1, -0.05) is 11.6 Å². The Balaban J connectivity index is 1.56. The molecule has 3 N–H and O–H groups in total. The first-order valence-electron chi connectivity index (χ1n) is 12.5. The Hall–Kier alpha value is -3.07. The monoisotopic (exact) mass is 592 g/mol. The number of thiazole rings is 1. The van der Waals surface area contributed by atoms with E-state index in [9.17, 15) is 29.3 Å². The number of carboxylic acid groups (broad SMARTS) is 1. The van der Waals surface area contributed by atoms with Crippen LogP contribution in [0.2, 0.25) is 5.02 Å². The van der Waals surface area contributed by atoms with Crippen LogP contribution in [0, 0.1) is 5.82 Å². The fraction of sp³-hybridized carbons (Fsp3) is 0.423. The number of nitrogens with zero attached hydrogens (tertiary/aromatic N) is 4. The smallest absolute Gasteiger partial charge is 0.339 e. The number of ether oxygens (including phenoxy) is 2. The number of aliphatic hydroxyl groups excluding tert-OH is 1. The molecule has 2 aromatic heterocycles. The second kappa shape index (κ2) is 11.4. The van der Waals surface area contributed by atoms with Gasteiger partial charge in [-0.15, -0.1) is 11.3 Å². The van der Waals surface area contributed by atoms with Crippen molar-refractivity contribution in [1.29, 1.82) is 0 Å². The van der Waals surface area contributed by atoms with Crippen molar-refractivity contribution in [3.8, 4) is 22.1 Å². The second-order valence-electron chi connectivity index (χ2n) is 9.67. The van der Waals surface area contributed by atoms with E-state index in [1.807, 2.05) is 4.90 Å². The number of carbonyl (C=O) groups is 2. The van der Waals surface area contributed by atoms with Crippen LogP contribution < -0.4 is 0 Å². The number of rotatable bonds is 8. The van der Waals surface area contributed by atoms with Gasteiger partial charge in [0.1, 0.15) is 17.0 Å². The predicted molar refractivity (Wildman–Crippen MR) is 141 cm³/mol. The number of piperidine rings is 1. The number of carbonyl (C=O) groups excluding carboxylic acids is 1. The maximum atomic E-state index is 13.8. The van der Waals surface area contributed by atoms with Crippen LogP contribution in [0.4, 0.5) is 4.39 Å². The standard InChI is InChI=1S/C26H26ClFN4O7S/c1-2-39-25(36)21(33)26(37)8-14-11-38-12-15(9-26)32(14)10-18-19(24(34)35)20(16-4-3-13(28)7-17(16)27)31-22(30-18)23-29-5-6-40-23/h3-7,14-15,21,33,37H,2,8-12H2,1H3,(H,34,35). The Morgan fingerprint density at radius 2 is 2.02 bits per heavy atom. The van der Waals surface area contributed by atoms with Crippen molar-refractivity contribution in [2.24, 2.45) is 0 Å². The minimum atomic E-state index is -1.75. The van der Waals surface area contributed by atoms with Crippen LogP contribution in [0.3, 0.4) is 0 Å². The summed E-state index contributed by atoms with van der Waals surface area (Å²) in [7, 11) is 0. The third-order valence-electron chi connectivity index (χ3n) is 7.10. The first-order chi connectivity index (χ1) is 19.1. The van der Waals surface area contributed by atoms with Crippen molar-refractivity contribution in [3.05, 3.63) is 51.9 Å².